The molecule has 0 saturated carbocycles. The average molecular weight is 438 g/mol. The van der Waals surface area contributed by atoms with Crippen molar-refractivity contribution in [2.75, 3.05) is 0 Å². The highest BCUT2D eigenvalue weighted by Crippen LogP contribution is 2.53. The molecule has 0 aliphatic heterocycles. The molecule has 0 fully saturated rings. The lowest BCUT2D eigenvalue weighted by Gasteiger charge is -2.28. The molecule has 0 aliphatic rings. The minimum absolute atomic E-state index is 1.09. The number of alkyl halides is 6. The van der Waals surface area contributed by atoms with E-state index in [1.807, 2.05) is 0 Å². The Morgan fingerprint density at radius 2 is 0.824 bits per heavy atom. The number of hydrogen-bond donors (Lipinski definition) is 0. The molecule has 0 aromatic heterocycles. The summed E-state index contributed by atoms with van der Waals surface area (Å²) in [4.78, 5) is 0. The quantitative estimate of drug-likeness (QED) is 0.499. The predicted molar refractivity (Wildman–Crippen MR) is 50.5 cm³/mol. The molecular formula is C3Br2F6O4S2. The van der Waals surface area contributed by atoms with Gasteiger partial charge in [0, 0.05) is 0 Å². The zero-order chi connectivity index (χ0) is 14.5. The van der Waals surface area contributed by atoms with Gasteiger partial charge in [-0.2, -0.15) is 26.3 Å². The molecule has 0 aromatic carbocycles. The van der Waals surface area contributed by atoms with Gasteiger partial charge in [-0.3, -0.25) is 0 Å². The summed E-state index contributed by atoms with van der Waals surface area (Å²) in [6, 6.07) is 0. The monoisotopic (exact) mass is 436 g/mol. The molecule has 0 bridgehead atoms. The van der Waals surface area contributed by atoms with Crippen LogP contribution in [-0.2, 0) is 16.5 Å². The van der Waals surface area contributed by atoms with Crippen LogP contribution in [-0.4, -0.2) is 33.3 Å². The molecule has 0 radical (unpaired) electrons. The van der Waals surface area contributed by atoms with E-state index in [0.717, 1.165) is 29.6 Å². The maximum Gasteiger partial charge on any atom is 0.424 e. The molecule has 0 rings (SSSR count). The van der Waals surface area contributed by atoms with Crippen LogP contribution >= 0.6 is 29.6 Å². The summed E-state index contributed by atoms with van der Waals surface area (Å²) in [5.74, 6) is -6.68. The Bertz CT molecular complexity index is 463. The van der Waals surface area contributed by atoms with Crippen LogP contribution in [0.2, 0.25) is 0 Å². The second-order valence-corrected chi connectivity index (χ2v) is 10.4. The first kappa shape index (κ1) is 17.4. The van der Waals surface area contributed by atoms with E-state index in [2.05, 4.69) is 0 Å². The molecule has 0 amide bonds. The highest BCUT2D eigenvalue weighted by Gasteiger charge is 2.81. The van der Waals surface area contributed by atoms with Gasteiger partial charge in [0.2, 0.25) is 0 Å². The molecule has 0 saturated heterocycles. The SMILES string of the molecule is O=S(=O)(Br)C(F)(F)C(F)(F)C(F)(F)S(=O)(=O)Br. The summed E-state index contributed by atoms with van der Waals surface area (Å²) >= 11 is 2.19. The minimum atomic E-state index is -6.68. The van der Waals surface area contributed by atoms with Gasteiger partial charge in [0.25, 0.3) is 16.5 Å². The lowest BCUT2D eigenvalue weighted by molar-refractivity contribution is -0.242. The summed E-state index contributed by atoms with van der Waals surface area (Å²) in [6.45, 7) is 0. The van der Waals surface area contributed by atoms with Gasteiger partial charge in [-0.25, -0.2) is 16.8 Å². The molecule has 0 heterocycles. The van der Waals surface area contributed by atoms with Crippen LogP contribution in [0.5, 0.6) is 0 Å². The summed E-state index contributed by atoms with van der Waals surface area (Å²) < 4.78 is 117. The molecule has 0 N–H and O–H groups in total. The van der Waals surface area contributed by atoms with Crippen molar-refractivity contribution in [1.29, 1.82) is 0 Å². The fraction of sp³-hybridized carbons (Fsp3) is 1.00. The minimum Gasteiger partial charge on any atom is -0.210 e. The Kier molecular flexibility index (Phi) is 4.34. The summed E-state index contributed by atoms with van der Waals surface area (Å²) in [5.41, 5.74) is 0. The van der Waals surface area contributed by atoms with E-state index < -0.39 is 33.0 Å². The molecule has 0 aliphatic carbocycles. The number of halogens is 8. The number of hydrogen-bond acceptors (Lipinski definition) is 4. The maximum absolute atomic E-state index is 12.7. The first-order valence-corrected chi connectivity index (χ1v) is 9.67. The molecular weight excluding hydrogens is 438 g/mol. The van der Waals surface area contributed by atoms with Crippen molar-refractivity contribution in [1.82, 2.24) is 0 Å². The Balaban J connectivity index is 6.10. The lowest BCUT2D eigenvalue weighted by atomic mass is 10.3. The third-order valence-electron chi connectivity index (χ3n) is 1.34. The predicted octanol–water partition coefficient (Wildman–Crippen LogP) is 2.26. The van der Waals surface area contributed by atoms with E-state index in [1.165, 1.54) is 0 Å². The van der Waals surface area contributed by atoms with E-state index >= 15 is 0 Å². The van der Waals surface area contributed by atoms with E-state index in [0.29, 0.717) is 0 Å². The summed E-state index contributed by atoms with van der Waals surface area (Å²) in [5, 5.41) is -12.7. The second-order valence-electron chi connectivity index (χ2n) is 2.48. The van der Waals surface area contributed by atoms with Crippen LogP contribution in [0.3, 0.4) is 0 Å². The van der Waals surface area contributed by atoms with Crippen molar-refractivity contribution < 1.29 is 43.2 Å². The van der Waals surface area contributed by atoms with Crippen LogP contribution in [0.1, 0.15) is 0 Å². The number of rotatable bonds is 4. The smallest absolute Gasteiger partial charge is 0.210 e. The summed E-state index contributed by atoms with van der Waals surface area (Å²) in [7, 11) is -12.3. The van der Waals surface area contributed by atoms with Gasteiger partial charge in [-0.15, -0.1) is 0 Å². The van der Waals surface area contributed by atoms with Crippen molar-refractivity contribution in [2.45, 2.75) is 16.4 Å². The van der Waals surface area contributed by atoms with Crippen LogP contribution < -0.4 is 0 Å². The van der Waals surface area contributed by atoms with Gasteiger partial charge >= 0.3 is 16.4 Å². The van der Waals surface area contributed by atoms with Gasteiger partial charge < -0.3 is 0 Å². The fourth-order valence-electron chi connectivity index (χ4n) is 0.476. The molecule has 0 atom stereocenters. The molecule has 0 spiro atoms. The van der Waals surface area contributed by atoms with Crippen molar-refractivity contribution in [3.05, 3.63) is 0 Å². The van der Waals surface area contributed by atoms with E-state index in [4.69, 9.17) is 0 Å². The van der Waals surface area contributed by atoms with Crippen molar-refractivity contribution >= 4 is 46.2 Å². The van der Waals surface area contributed by atoms with Gasteiger partial charge in [0.05, 0.1) is 29.6 Å². The first-order valence-electron chi connectivity index (χ1n) is 3.02. The lowest BCUT2D eigenvalue weighted by Crippen LogP contribution is -2.58. The Morgan fingerprint density at radius 1 is 0.647 bits per heavy atom. The van der Waals surface area contributed by atoms with Crippen LogP contribution in [0.15, 0.2) is 0 Å². The molecule has 0 unspecified atom stereocenters. The zero-order valence-corrected chi connectivity index (χ0v) is 11.8. The average Bonchev–Trinajstić information content (AvgIpc) is 1.98. The Morgan fingerprint density at radius 3 is 0.941 bits per heavy atom. The van der Waals surface area contributed by atoms with E-state index in [-0.39, 0.29) is 0 Å². The van der Waals surface area contributed by atoms with Crippen LogP contribution in [0, 0.1) is 0 Å². The van der Waals surface area contributed by atoms with Gasteiger partial charge in [-0.05, 0) is 0 Å². The highest BCUT2D eigenvalue weighted by atomic mass is 79.9. The zero-order valence-electron chi connectivity index (χ0n) is 6.97. The van der Waals surface area contributed by atoms with E-state index in [9.17, 15) is 43.2 Å². The molecule has 14 heteroatoms. The second kappa shape index (κ2) is 4.23. The maximum atomic E-state index is 12.7. The fourth-order valence-corrected chi connectivity index (χ4v) is 2.63. The van der Waals surface area contributed by atoms with Crippen LogP contribution in [0.4, 0.5) is 26.3 Å². The van der Waals surface area contributed by atoms with Crippen LogP contribution in [0.25, 0.3) is 0 Å². The Hall–Kier alpha value is 0.440. The molecule has 17 heavy (non-hydrogen) atoms. The molecule has 104 valence electrons. The third-order valence-corrected chi connectivity index (χ3v) is 5.52. The van der Waals surface area contributed by atoms with Gasteiger partial charge in [0.15, 0.2) is 0 Å². The largest absolute Gasteiger partial charge is 0.424 e. The first-order chi connectivity index (χ1) is 7.00. The van der Waals surface area contributed by atoms with Crippen molar-refractivity contribution in [2.24, 2.45) is 0 Å². The highest BCUT2D eigenvalue weighted by molar-refractivity contribution is 9.48. The normalized spacial score (nSPS) is 16.0. The van der Waals surface area contributed by atoms with Gasteiger partial charge in [0.1, 0.15) is 0 Å². The topological polar surface area (TPSA) is 68.3 Å². The van der Waals surface area contributed by atoms with Crippen molar-refractivity contribution in [3.8, 4) is 0 Å². The Labute approximate surface area is 106 Å². The molecule has 0 aromatic rings. The van der Waals surface area contributed by atoms with Crippen molar-refractivity contribution in [3.63, 3.8) is 0 Å². The summed E-state index contributed by atoms with van der Waals surface area (Å²) in [6.07, 6.45) is 0. The molecule has 4 nitrogen and oxygen atoms in total. The van der Waals surface area contributed by atoms with E-state index in [1.54, 1.807) is 0 Å². The standard InChI is InChI=1S/C3Br2F6O4S2/c4-16(12,13)2(8,9)1(6,7)3(10,11)17(5,14)15. The van der Waals surface area contributed by atoms with Gasteiger partial charge in [-0.1, -0.05) is 0 Å². The third kappa shape index (κ3) is 2.58.